The Hall–Kier alpha value is -4.19. The molecule has 0 aliphatic carbocycles. The van der Waals surface area contributed by atoms with Crippen molar-refractivity contribution >= 4 is 29.1 Å². The summed E-state index contributed by atoms with van der Waals surface area (Å²) in [6.07, 6.45) is 2.39. The molecule has 0 fully saturated rings. The normalized spacial score (nSPS) is 11.2. The van der Waals surface area contributed by atoms with Gasteiger partial charge < -0.3 is 14.2 Å². The number of rotatable bonds is 11. The predicted molar refractivity (Wildman–Crippen MR) is 146 cm³/mol. The molecule has 0 saturated heterocycles. The van der Waals surface area contributed by atoms with Crippen LogP contribution >= 0.6 is 0 Å². The van der Waals surface area contributed by atoms with Crippen molar-refractivity contribution in [1.82, 2.24) is 0 Å². The molecule has 0 bridgehead atoms. The minimum absolute atomic E-state index is 0.113. The van der Waals surface area contributed by atoms with Crippen LogP contribution in [0.1, 0.15) is 65.0 Å². The van der Waals surface area contributed by atoms with Gasteiger partial charge >= 0.3 is 17.9 Å². The molecule has 0 N–H and O–H groups in total. The van der Waals surface area contributed by atoms with Gasteiger partial charge in [-0.15, -0.1) is 0 Å². The number of benzene rings is 2. The summed E-state index contributed by atoms with van der Waals surface area (Å²) in [7, 11) is 0. The second-order valence-corrected chi connectivity index (χ2v) is 8.76. The Kier molecular flexibility index (Phi) is 10.4. The summed E-state index contributed by atoms with van der Waals surface area (Å²) in [5, 5.41) is 0. The van der Waals surface area contributed by atoms with E-state index in [-0.39, 0.29) is 22.6 Å². The maximum Gasteiger partial charge on any atom is 0.338 e. The number of carbonyl (C=O) groups is 3. The molecule has 0 saturated carbocycles. The van der Waals surface area contributed by atoms with E-state index in [1.807, 2.05) is 25.1 Å². The van der Waals surface area contributed by atoms with Crippen molar-refractivity contribution in [2.75, 3.05) is 0 Å². The fourth-order valence-electron chi connectivity index (χ4n) is 3.46. The Morgan fingerprint density at radius 3 is 1.62 bits per heavy atom. The van der Waals surface area contributed by atoms with Gasteiger partial charge in [0.1, 0.15) is 5.75 Å². The first-order valence-corrected chi connectivity index (χ1v) is 12.1. The highest BCUT2D eigenvalue weighted by molar-refractivity contribution is 5.94. The molecule has 0 unspecified atom stereocenters. The average molecular weight is 503 g/mol. The predicted octanol–water partition coefficient (Wildman–Crippen LogP) is 7.25. The molecule has 0 heterocycles. The minimum atomic E-state index is -0.625. The molecular formula is C31H34O6. The Morgan fingerprint density at radius 1 is 0.649 bits per heavy atom. The van der Waals surface area contributed by atoms with Crippen LogP contribution in [0, 0.1) is 0 Å². The zero-order valence-electron chi connectivity index (χ0n) is 22.2. The fourth-order valence-corrected chi connectivity index (χ4v) is 3.46. The van der Waals surface area contributed by atoms with Crippen molar-refractivity contribution in [1.29, 1.82) is 0 Å². The molecular weight excluding hydrogens is 468 g/mol. The highest BCUT2D eigenvalue weighted by Gasteiger charge is 2.18. The standard InChI is InChI=1S/C31H34O6/c1-9-11-26(22-12-15-24(16-13-22)35-29(32)19(3)4)25(10-2)23-14-17-27(36-30(33)20(5)6)28(18-23)37-31(34)21(7)8/h12-18H,3,5,7,9-11H2,1-2,4,6,8H3. The Balaban J connectivity index is 2.58. The summed E-state index contributed by atoms with van der Waals surface area (Å²) < 4.78 is 16.2. The molecule has 0 aromatic heterocycles. The maximum absolute atomic E-state index is 12.3. The smallest absolute Gasteiger partial charge is 0.338 e. The van der Waals surface area contributed by atoms with Crippen LogP contribution in [0.4, 0.5) is 0 Å². The maximum atomic E-state index is 12.3. The quantitative estimate of drug-likeness (QED) is 0.139. The van der Waals surface area contributed by atoms with Crippen LogP contribution in [-0.4, -0.2) is 17.9 Å². The van der Waals surface area contributed by atoms with E-state index in [2.05, 4.69) is 26.7 Å². The SMILES string of the molecule is C=C(C)C(=O)Oc1ccc(C(CCC)=C(CC)c2ccc(OC(=O)C(=C)C)c(OC(=O)C(=C)C)c2)cc1. The molecule has 0 atom stereocenters. The third-order valence-corrected chi connectivity index (χ3v) is 5.37. The number of ether oxygens (including phenoxy) is 3. The topological polar surface area (TPSA) is 78.9 Å². The summed E-state index contributed by atoms with van der Waals surface area (Å²) in [6.45, 7) is 19.6. The van der Waals surface area contributed by atoms with E-state index in [1.165, 1.54) is 6.92 Å². The van der Waals surface area contributed by atoms with Gasteiger partial charge in [-0.2, -0.15) is 0 Å². The lowest BCUT2D eigenvalue weighted by molar-refractivity contribution is -0.132. The van der Waals surface area contributed by atoms with Gasteiger partial charge in [0.2, 0.25) is 0 Å². The van der Waals surface area contributed by atoms with Crippen molar-refractivity contribution in [3.63, 3.8) is 0 Å². The Bertz CT molecular complexity index is 1260. The molecule has 0 aliphatic rings. The summed E-state index contributed by atoms with van der Waals surface area (Å²) in [4.78, 5) is 36.3. The van der Waals surface area contributed by atoms with E-state index < -0.39 is 17.9 Å². The first-order chi connectivity index (χ1) is 17.5. The van der Waals surface area contributed by atoms with Crippen LogP contribution in [0.3, 0.4) is 0 Å². The summed E-state index contributed by atoms with van der Waals surface area (Å²) in [6, 6.07) is 12.4. The molecule has 0 amide bonds. The van der Waals surface area contributed by atoms with E-state index in [0.29, 0.717) is 17.7 Å². The molecule has 0 aliphatic heterocycles. The van der Waals surface area contributed by atoms with Gasteiger partial charge in [0.15, 0.2) is 11.5 Å². The van der Waals surface area contributed by atoms with E-state index in [9.17, 15) is 14.4 Å². The van der Waals surface area contributed by atoms with E-state index >= 15 is 0 Å². The van der Waals surface area contributed by atoms with Gasteiger partial charge in [-0.3, -0.25) is 0 Å². The zero-order valence-corrected chi connectivity index (χ0v) is 22.2. The lowest BCUT2D eigenvalue weighted by Gasteiger charge is -2.18. The van der Waals surface area contributed by atoms with Gasteiger partial charge in [-0.1, -0.05) is 58.2 Å². The van der Waals surface area contributed by atoms with Crippen LogP contribution in [0.15, 0.2) is 78.9 Å². The molecule has 0 radical (unpaired) electrons. The molecule has 2 rings (SSSR count). The number of hydrogen-bond acceptors (Lipinski definition) is 6. The van der Waals surface area contributed by atoms with E-state index in [0.717, 1.165) is 35.1 Å². The van der Waals surface area contributed by atoms with Gasteiger partial charge in [0.05, 0.1) is 0 Å². The van der Waals surface area contributed by atoms with Crippen LogP contribution in [0.25, 0.3) is 11.1 Å². The van der Waals surface area contributed by atoms with Crippen molar-refractivity contribution in [2.24, 2.45) is 0 Å². The highest BCUT2D eigenvalue weighted by Crippen LogP contribution is 2.38. The number of allylic oxidation sites excluding steroid dienone is 2. The highest BCUT2D eigenvalue weighted by atomic mass is 16.6. The van der Waals surface area contributed by atoms with Crippen LogP contribution in [-0.2, 0) is 14.4 Å². The third-order valence-electron chi connectivity index (χ3n) is 5.37. The lowest BCUT2D eigenvalue weighted by atomic mass is 9.90. The van der Waals surface area contributed by atoms with E-state index in [4.69, 9.17) is 14.2 Å². The first kappa shape index (κ1) is 29.0. The monoisotopic (exact) mass is 502 g/mol. The van der Waals surface area contributed by atoms with Gasteiger partial charge in [0.25, 0.3) is 0 Å². The lowest BCUT2D eigenvalue weighted by Crippen LogP contribution is -2.13. The summed E-state index contributed by atoms with van der Waals surface area (Å²) >= 11 is 0. The van der Waals surface area contributed by atoms with Crippen LogP contribution in [0.2, 0.25) is 0 Å². The molecule has 37 heavy (non-hydrogen) atoms. The first-order valence-electron chi connectivity index (χ1n) is 12.1. The second kappa shape index (κ2) is 13.2. The number of esters is 3. The fraction of sp³-hybridized carbons (Fsp3) is 0.258. The Labute approximate surface area is 218 Å². The van der Waals surface area contributed by atoms with Crippen molar-refractivity contribution in [3.8, 4) is 17.2 Å². The molecule has 2 aromatic rings. The minimum Gasteiger partial charge on any atom is -0.423 e. The van der Waals surface area contributed by atoms with Crippen molar-refractivity contribution < 1.29 is 28.6 Å². The second-order valence-electron chi connectivity index (χ2n) is 8.76. The van der Waals surface area contributed by atoms with Crippen molar-refractivity contribution in [3.05, 3.63) is 90.0 Å². The Morgan fingerprint density at radius 2 is 1.14 bits per heavy atom. The number of hydrogen-bond donors (Lipinski definition) is 0. The van der Waals surface area contributed by atoms with E-state index in [1.54, 1.807) is 38.1 Å². The zero-order chi connectivity index (χ0) is 27.7. The average Bonchev–Trinajstić information content (AvgIpc) is 2.85. The largest absolute Gasteiger partial charge is 0.423 e. The van der Waals surface area contributed by atoms with Crippen LogP contribution in [0.5, 0.6) is 17.2 Å². The van der Waals surface area contributed by atoms with Gasteiger partial charge in [-0.25, -0.2) is 14.4 Å². The van der Waals surface area contributed by atoms with Crippen molar-refractivity contribution in [2.45, 2.75) is 53.9 Å². The summed E-state index contributed by atoms with van der Waals surface area (Å²) in [5.74, 6) is -1.06. The van der Waals surface area contributed by atoms with Gasteiger partial charge in [-0.05, 0) is 80.2 Å². The summed E-state index contributed by atoms with van der Waals surface area (Å²) in [5.41, 5.74) is 4.71. The molecule has 194 valence electrons. The third kappa shape index (κ3) is 7.90. The number of carbonyl (C=O) groups excluding carboxylic acids is 3. The molecule has 6 nitrogen and oxygen atoms in total. The molecule has 2 aromatic carbocycles. The molecule has 6 heteroatoms. The van der Waals surface area contributed by atoms with Crippen LogP contribution < -0.4 is 14.2 Å². The van der Waals surface area contributed by atoms with Gasteiger partial charge in [0, 0.05) is 16.7 Å². The molecule has 0 spiro atoms.